The highest BCUT2D eigenvalue weighted by atomic mass is 32.2. The van der Waals surface area contributed by atoms with Gasteiger partial charge in [0.1, 0.15) is 0 Å². The van der Waals surface area contributed by atoms with Crippen molar-refractivity contribution in [2.24, 2.45) is 17.6 Å². The first-order valence-electron chi connectivity index (χ1n) is 7.06. The second-order valence-corrected chi connectivity index (χ2v) is 7.77. The maximum Gasteiger partial charge on any atom is 0.240 e. The smallest absolute Gasteiger partial charge is 0.240 e. The highest BCUT2D eigenvalue weighted by molar-refractivity contribution is 7.89. The molecule has 5 heteroatoms. The van der Waals surface area contributed by atoms with Crippen LogP contribution in [0.4, 0.5) is 0 Å². The monoisotopic (exact) mass is 298 g/mol. The SMILES string of the molecule is CC(C)Cc1ccc(S(=O)(=O)NCC(N)C(C)C)cc1. The van der Waals surface area contributed by atoms with Gasteiger partial charge in [0.05, 0.1) is 4.90 Å². The predicted molar refractivity (Wildman–Crippen MR) is 83.0 cm³/mol. The summed E-state index contributed by atoms with van der Waals surface area (Å²) < 4.78 is 26.8. The summed E-state index contributed by atoms with van der Waals surface area (Å²) in [6.07, 6.45) is 0.950. The molecule has 1 atom stereocenters. The maximum absolute atomic E-state index is 12.1. The highest BCUT2D eigenvalue weighted by Crippen LogP contribution is 2.13. The molecule has 0 bridgehead atoms. The van der Waals surface area contributed by atoms with E-state index in [9.17, 15) is 8.42 Å². The van der Waals surface area contributed by atoms with Crippen molar-refractivity contribution in [3.05, 3.63) is 29.8 Å². The molecule has 1 aromatic rings. The van der Waals surface area contributed by atoms with Gasteiger partial charge in [-0.25, -0.2) is 13.1 Å². The lowest BCUT2D eigenvalue weighted by Crippen LogP contribution is -2.40. The molecule has 0 saturated heterocycles. The average Bonchev–Trinajstić information content (AvgIpc) is 2.35. The minimum absolute atomic E-state index is 0.176. The van der Waals surface area contributed by atoms with E-state index >= 15 is 0 Å². The van der Waals surface area contributed by atoms with Crippen molar-refractivity contribution in [1.29, 1.82) is 0 Å². The van der Waals surface area contributed by atoms with Gasteiger partial charge in [0, 0.05) is 12.6 Å². The van der Waals surface area contributed by atoms with Crippen LogP contribution in [0.1, 0.15) is 33.3 Å². The molecule has 1 rings (SSSR count). The normalized spacial score (nSPS) is 13.9. The molecule has 1 aromatic carbocycles. The summed E-state index contributed by atoms with van der Waals surface area (Å²) in [7, 11) is -3.46. The minimum Gasteiger partial charge on any atom is -0.326 e. The summed E-state index contributed by atoms with van der Waals surface area (Å²) in [4.78, 5) is 0.293. The molecule has 20 heavy (non-hydrogen) atoms. The molecule has 0 aliphatic heterocycles. The number of hydrogen-bond acceptors (Lipinski definition) is 3. The Morgan fingerprint density at radius 3 is 2.10 bits per heavy atom. The van der Waals surface area contributed by atoms with E-state index in [1.165, 1.54) is 0 Å². The fourth-order valence-electron chi connectivity index (χ4n) is 1.80. The summed E-state index contributed by atoms with van der Waals surface area (Å²) in [6, 6.07) is 6.88. The zero-order chi connectivity index (χ0) is 15.3. The van der Waals surface area contributed by atoms with Gasteiger partial charge in [-0.1, -0.05) is 39.8 Å². The fourth-order valence-corrected chi connectivity index (χ4v) is 2.87. The lowest BCUT2D eigenvalue weighted by atomic mass is 10.0. The first-order chi connectivity index (χ1) is 9.22. The number of nitrogens with one attached hydrogen (secondary N) is 1. The zero-order valence-corrected chi connectivity index (χ0v) is 13.6. The van der Waals surface area contributed by atoms with Crippen LogP contribution in [0.15, 0.2) is 29.2 Å². The lowest BCUT2D eigenvalue weighted by Gasteiger charge is -2.16. The van der Waals surface area contributed by atoms with Crippen molar-refractivity contribution >= 4 is 10.0 Å². The van der Waals surface area contributed by atoms with Crippen LogP contribution < -0.4 is 10.5 Å². The Hall–Kier alpha value is -0.910. The molecule has 1 unspecified atom stereocenters. The van der Waals surface area contributed by atoms with E-state index in [4.69, 9.17) is 5.73 Å². The zero-order valence-electron chi connectivity index (χ0n) is 12.8. The Kier molecular flexibility index (Phi) is 6.17. The minimum atomic E-state index is -3.46. The van der Waals surface area contributed by atoms with E-state index in [0.717, 1.165) is 12.0 Å². The number of benzene rings is 1. The number of rotatable bonds is 7. The van der Waals surface area contributed by atoms with Gasteiger partial charge in [-0.15, -0.1) is 0 Å². The Balaban J connectivity index is 2.73. The Morgan fingerprint density at radius 1 is 1.10 bits per heavy atom. The van der Waals surface area contributed by atoms with Crippen molar-refractivity contribution in [2.45, 2.75) is 45.1 Å². The van der Waals surface area contributed by atoms with Crippen LogP contribution in [0, 0.1) is 11.8 Å². The van der Waals surface area contributed by atoms with E-state index in [1.807, 2.05) is 26.0 Å². The van der Waals surface area contributed by atoms with Gasteiger partial charge < -0.3 is 5.73 Å². The quantitative estimate of drug-likeness (QED) is 0.810. The molecular weight excluding hydrogens is 272 g/mol. The molecule has 114 valence electrons. The topological polar surface area (TPSA) is 72.2 Å². The van der Waals surface area contributed by atoms with Gasteiger partial charge in [-0.05, 0) is 36.0 Å². The highest BCUT2D eigenvalue weighted by Gasteiger charge is 2.16. The maximum atomic E-state index is 12.1. The third-order valence-electron chi connectivity index (χ3n) is 3.24. The molecule has 0 saturated carbocycles. The molecule has 3 N–H and O–H groups in total. The summed E-state index contributed by atoms with van der Waals surface area (Å²) in [5, 5.41) is 0. The van der Waals surface area contributed by atoms with Gasteiger partial charge in [0.25, 0.3) is 0 Å². The fraction of sp³-hybridized carbons (Fsp3) is 0.600. The van der Waals surface area contributed by atoms with Crippen LogP contribution in [0.25, 0.3) is 0 Å². The first-order valence-corrected chi connectivity index (χ1v) is 8.55. The van der Waals surface area contributed by atoms with Crippen molar-refractivity contribution in [2.75, 3.05) is 6.54 Å². The van der Waals surface area contributed by atoms with Crippen LogP contribution in [-0.4, -0.2) is 21.0 Å². The van der Waals surface area contributed by atoms with E-state index in [1.54, 1.807) is 12.1 Å². The van der Waals surface area contributed by atoms with Gasteiger partial charge in [0.15, 0.2) is 0 Å². The molecule has 0 aliphatic rings. The standard InChI is InChI=1S/C15H26N2O2S/c1-11(2)9-13-5-7-14(8-6-13)20(18,19)17-10-15(16)12(3)4/h5-8,11-12,15,17H,9-10,16H2,1-4H3. The van der Waals surface area contributed by atoms with Crippen LogP contribution in [0.3, 0.4) is 0 Å². The number of nitrogens with two attached hydrogens (primary N) is 1. The van der Waals surface area contributed by atoms with Crippen molar-refractivity contribution < 1.29 is 8.42 Å². The molecule has 0 amide bonds. The summed E-state index contributed by atoms with van der Waals surface area (Å²) in [5.41, 5.74) is 7.00. The van der Waals surface area contributed by atoms with Gasteiger partial charge in [-0.2, -0.15) is 0 Å². The van der Waals surface area contributed by atoms with Gasteiger partial charge >= 0.3 is 0 Å². The first kappa shape index (κ1) is 17.1. The number of hydrogen-bond donors (Lipinski definition) is 2. The molecule has 4 nitrogen and oxygen atoms in total. The lowest BCUT2D eigenvalue weighted by molar-refractivity contribution is 0.481. The van der Waals surface area contributed by atoms with Crippen molar-refractivity contribution in [1.82, 2.24) is 4.72 Å². The molecule has 0 aromatic heterocycles. The second-order valence-electron chi connectivity index (χ2n) is 6.00. The predicted octanol–water partition coefficient (Wildman–Crippen LogP) is 2.15. The third-order valence-corrected chi connectivity index (χ3v) is 4.68. The van der Waals surface area contributed by atoms with Crippen LogP contribution in [0.5, 0.6) is 0 Å². The van der Waals surface area contributed by atoms with Crippen LogP contribution in [0.2, 0.25) is 0 Å². The third kappa shape index (κ3) is 5.23. The largest absolute Gasteiger partial charge is 0.326 e. The second kappa shape index (κ2) is 7.20. The molecule has 0 spiro atoms. The Bertz CT molecular complexity index is 507. The molecular formula is C15H26N2O2S. The molecule has 0 heterocycles. The average molecular weight is 298 g/mol. The summed E-state index contributed by atoms with van der Waals surface area (Å²) in [6.45, 7) is 8.48. The molecule has 0 fully saturated rings. The van der Waals surface area contributed by atoms with Gasteiger partial charge in [0.2, 0.25) is 10.0 Å². The van der Waals surface area contributed by atoms with Crippen molar-refractivity contribution in [3.8, 4) is 0 Å². The van der Waals surface area contributed by atoms with E-state index in [-0.39, 0.29) is 18.5 Å². The summed E-state index contributed by atoms with van der Waals surface area (Å²) in [5.74, 6) is 0.797. The van der Waals surface area contributed by atoms with E-state index in [2.05, 4.69) is 18.6 Å². The Labute approximate surface area is 122 Å². The van der Waals surface area contributed by atoms with E-state index < -0.39 is 10.0 Å². The van der Waals surface area contributed by atoms with Crippen LogP contribution >= 0.6 is 0 Å². The number of sulfonamides is 1. The Morgan fingerprint density at radius 2 is 1.65 bits per heavy atom. The molecule has 0 radical (unpaired) electrons. The molecule has 0 aliphatic carbocycles. The van der Waals surface area contributed by atoms with Crippen LogP contribution in [-0.2, 0) is 16.4 Å². The summed E-state index contributed by atoms with van der Waals surface area (Å²) >= 11 is 0. The van der Waals surface area contributed by atoms with Gasteiger partial charge in [-0.3, -0.25) is 0 Å². The van der Waals surface area contributed by atoms with E-state index in [0.29, 0.717) is 10.8 Å². The van der Waals surface area contributed by atoms with Crippen molar-refractivity contribution in [3.63, 3.8) is 0 Å².